The third-order valence-corrected chi connectivity index (χ3v) is 5.86. The fourth-order valence-electron chi connectivity index (χ4n) is 2.19. The van der Waals surface area contributed by atoms with Crippen molar-refractivity contribution in [2.24, 2.45) is 0 Å². The number of hydrogen-bond donors (Lipinski definition) is 0. The van der Waals surface area contributed by atoms with E-state index in [1.54, 1.807) is 11.3 Å². The summed E-state index contributed by atoms with van der Waals surface area (Å²) in [5.74, 6) is 0.267. The number of thiophene rings is 1. The molecule has 1 fully saturated rings. The molecule has 0 aliphatic carbocycles. The van der Waals surface area contributed by atoms with Gasteiger partial charge in [0.1, 0.15) is 0 Å². The topological polar surface area (TPSA) is 20.3 Å². The predicted octanol–water partition coefficient (Wildman–Crippen LogP) is 3.72. The van der Waals surface area contributed by atoms with Crippen LogP contribution in [0.3, 0.4) is 0 Å². The SMILES string of the molecule is Cc1cc(C(C)(C)C(=O)N2CCCC2)sc1Br. The number of rotatable bonds is 2. The molecule has 0 N–H and O–H groups in total. The van der Waals surface area contributed by atoms with Crippen LogP contribution in [0.5, 0.6) is 0 Å². The zero-order chi connectivity index (χ0) is 12.6. The lowest BCUT2D eigenvalue weighted by Gasteiger charge is -2.28. The Morgan fingerprint density at radius 2 is 2.00 bits per heavy atom. The van der Waals surface area contributed by atoms with Crippen LogP contribution in [0.25, 0.3) is 0 Å². The normalized spacial score (nSPS) is 16.6. The summed E-state index contributed by atoms with van der Waals surface area (Å²) in [6.07, 6.45) is 2.30. The van der Waals surface area contributed by atoms with E-state index in [4.69, 9.17) is 0 Å². The van der Waals surface area contributed by atoms with Crippen molar-refractivity contribution < 1.29 is 4.79 Å². The Bertz CT molecular complexity index is 413. The highest BCUT2D eigenvalue weighted by molar-refractivity contribution is 9.11. The number of carbonyl (C=O) groups is 1. The minimum absolute atomic E-state index is 0.267. The molecule has 0 saturated carbocycles. The highest BCUT2D eigenvalue weighted by Gasteiger charge is 2.36. The fraction of sp³-hybridized carbons (Fsp3) is 0.615. The van der Waals surface area contributed by atoms with Crippen LogP contribution in [0.1, 0.15) is 37.1 Å². The first-order valence-corrected chi connectivity index (χ1v) is 7.59. The first kappa shape index (κ1) is 13.1. The van der Waals surface area contributed by atoms with Gasteiger partial charge in [-0.2, -0.15) is 0 Å². The van der Waals surface area contributed by atoms with E-state index in [9.17, 15) is 4.79 Å². The van der Waals surface area contributed by atoms with Gasteiger partial charge in [0.2, 0.25) is 5.91 Å². The van der Waals surface area contributed by atoms with Crippen LogP contribution in [-0.4, -0.2) is 23.9 Å². The average Bonchev–Trinajstić information content (AvgIpc) is 2.88. The molecule has 0 unspecified atom stereocenters. The molecule has 2 nitrogen and oxygen atoms in total. The van der Waals surface area contributed by atoms with Crippen LogP contribution in [0, 0.1) is 6.92 Å². The maximum atomic E-state index is 12.5. The lowest BCUT2D eigenvalue weighted by Crippen LogP contribution is -2.41. The lowest BCUT2D eigenvalue weighted by atomic mass is 9.89. The molecule has 1 aromatic heterocycles. The van der Waals surface area contributed by atoms with Crippen LogP contribution in [0.15, 0.2) is 9.85 Å². The second-order valence-corrected chi connectivity index (χ2v) is 7.56. The number of hydrogen-bond acceptors (Lipinski definition) is 2. The molecular weight excluding hydrogens is 298 g/mol. The molecule has 0 radical (unpaired) electrons. The molecule has 1 aromatic rings. The van der Waals surface area contributed by atoms with Gasteiger partial charge in [-0.05, 0) is 61.2 Å². The number of carbonyl (C=O) groups excluding carboxylic acids is 1. The smallest absolute Gasteiger partial charge is 0.233 e. The summed E-state index contributed by atoms with van der Waals surface area (Å²) in [4.78, 5) is 15.7. The molecule has 1 aliphatic rings. The standard InChI is InChI=1S/C13H18BrNOS/c1-9-8-10(17-11(9)14)13(2,3)12(16)15-6-4-5-7-15/h8H,4-7H2,1-3H3. The van der Waals surface area contributed by atoms with Crippen LogP contribution < -0.4 is 0 Å². The van der Waals surface area contributed by atoms with E-state index < -0.39 is 5.41 Å². The van der Waals surface area contributed by atoms with Crippen LogP contribution in [0.4, 0.5) is 0 Å². The van der Waals surface area contributed by atoms with Gasteiger partial charge in [0.25, 0.3) is 0 Å². The van der Waals surface area contributed by atoms with Crippen molar-refractivity contribution in [1.82, 2.24) is 4.90 Å². The molecule has 94 valence electrons. The summed E-state index contributed by atoms with van der Waals surface area (Å²) in [6.45, 7) is 7.98. The Labute approximate surface area is 115 Å². The van der Waals surface area contributed by atoms with E-state index in [2.05, 4.69) is 28.9 Å². The molecule has 0 aromatic carbocycles. The number of amides is 1. The summed E-state index contributed by atoms with van der Waals surface area (Å²) in [7, 11) is 0. The Kier molecular flexibility index (Phi) is 3.64. The zero-order valence-corrected chi connectivity index (χ0v) is 12.9. The number of nitrogens with zero attached hydrogens (tertiary/aromatic N) is 1. The average molecular weight is 316 g/mol. The van der Waals surface area contributed by atoms with Crippen LogP contribution in [-0.2, 0) is 10.2 Å². The quantitative estimate of drug-likeness (QED) is 0.814. The van der Waals surface area contributed by atoms with Crippen molar-refractivity contribution >= 4 is 33.2 Å². The Balaban J connectivity index is 2.25. The second kappa shape index (κ2) is 4.73. The van der Waals surface area contributed by atoms with Gasteiger partial charge in [0.15, 0.2) is 0 Å². The third-order valence-electron chi connectivity index (χ3n) is 3.40. The third kappa shape index (κ3) is 2.43. The molecule has 1 amide bonds. The Morgan fingerprint density at radius 1 is 1.41 bits per heavy atom. The minimum atomic E-state index is -0.397. The second-order valence-electron chi connectivity index (χ2n) is 5.19. The van der Waals surface area contributed by atoms with Crippen molar-refractivity contribution in [1.29, 1.82) is 0 Å². The molecule has 1 saturated heterocycles. The van der Waals surface area contributed by atoms with Gasteiger partial charge in [-0.3, -0.25) is 4.79 Å². The molecule has 2 rings (SSSR count). The molecular formula is C13H18BrNOS. The summed E-state index contributed by atoms with van der Waals surface area (Å²) >= 11 is 5.21. The molecule has 1 aliphatic heterocycles. The van der Waals surface area contributed by atoms with E-state index in [0.29, 0.717) is 0 Å². The van der Waals surface area contributed by atoms with E-state index >= 15 is 0 Å². The van der Waals surface area contributed by atoms with Crippen molar-refractivity contribution in [3.05, 3.63) is 20.3 Å². The van der Waals surface area contributed by atoms with Gasteiger partial charge in [0.05, 0.1) is 9.20 Å². The molecule has 0 atom stereocenters. The zero-order valence-electron chi connectivity index (χ0n) is 10.5. The first-order valence-electron chi connectivity index (χ1n) is 5.98. The monoisotopic (exact) mass is 315 g/mol. The van der Waals surface area contributed by atoms with Crippen molar-refractivity contribution in [3.63, 3.8) is 0 Å². The fourth-order valence-corrected chi connectivity index (χ4v) is 3.82. The highest BCUT2D eigenvalue weighted by Crippen LogP contribution is 2.37. The van der Waals surface area contributed by atoms with Gasteiger partial charge in [-0.1, -0.05) is 0 Å². The summed E-state index contributed by atoms with van der Waals surface area (Å²) < 4.78 is 1.13. The lowest BCUT2D eigenvalue weighted by molar-refractivity contribution is -0.135. The highest BCUT2D eigenvalue weighted by atomic mass is 79.9. The van der Waals surface area contributed by atoms with Crippen LogP contribution >= 0.6 is 27.3 Å². The van der Waals surface area contributed by atoms with Crippen molar-refractivity contribution in [2.45, 2.75) is 39.0 Å². The number of likely N-dealkylation sites (tertiary alicyclic amines) is 1. The maximum absolute atomic E-state index is 12.5. The van der Waals surface area contributed by atoms with E-state index in [-0.39, 0.29) is 5.91 Å². The molecule has 4 heteroatoms. The van der Waals surface area contributed by atoms with Crippen molar-refractivity contribution in [3.8, 4) is 0 Å². The Hall–Kier alpha value is -0.350. The summed E-state index contributed by atoms with van der Waals surface area (Å²) in [6, 6.07) is 2.13. The predicted molar refractivity (Wildman–Crippen MR) is 75.6 cm³/mol. The van der Waals surface area contributed by atoms with E-state index in [0.717, 1.165) is 34.6 Å². The van der Waals surface area contributed by atoms with E-state index in [1.165, 1.54) is 5.56 Å². The van der Waals surface area contributed by atoms with E-state index in [1.807, 2.05) is 18.7 Å². The van der Waals surface area contributed by atoms with Crippen LogP contribution in [0.2, 0.25) is 0 Å². The first-order chi connectivity index (χ1) is 7.93. The number of aryl methyl sites for hydroxylation is 1. The Morgan fingerprint density at radius 3 is 2.47 bits per heavy atom. The van der Waals surface area contributed by atoms with Crippen molar-refractivity contribution in [2.75, 3.05) is 13.1 Å². The summed E-state index contributed by atoms with van der Waals surface area (Å²) in [5, 5.41) is 0. The van der Waals surface area contributed by atoms with Gasteiger partial charge in [-0.25, -0.2) is 0 Å². The number of halogens is 1. The molecule has 17 heavy (non-hydrogen) atoms. The van der Waals surface area contributed by atoms with Gasteiger partial charge < -0.3 is 4.90 Å². The molecule has 2 heterocycles. The minimum Gasteiger partial charge on any atom is -0.342 e. The van der Waals surface area contributed by atoms with Gasteiger partial charge in [0, 0.05) is 18.0 Å². The van der Waals surface area contributed by atoms with Gasteiger partial charge in [-0.15, -0.1) is 11.3 Å². The molecule has 0 bridgehead atoms. The summed E-state index contributed by atoms with van der Waals surface area (Å²) in [5.41, 5.74) is 0.818. The molecule has 0 spiro atoms. The van der Waals surface area contributed by atoms with Gasteiger partial charge >= 0.3 is 0 Å². The maximum Gasteiger partial charge on any atom is 0.233 e. The largest absolute Gasteiger partial charge is 0.342 e.